The summed E-state index contributed by atoms with van der Waals surface area (Å²) in [6, 6.07) is 10.6. The standard InChI is InChI=1S/C18H15ClN4O2/c19-15-5-3-13(4-6-15)17-22-11-14(18(25)23-17)8-16(24)21-10-12-2-1-7-20-9-12/h1-7,9,11H,8,10H2,(H,21,24)(H,22,23,25). The first-order chi connectivity index (χ1) is 12.1. The molecule has 0 aliphatic rings. The third kappa shape index (κ3) is 4.51. The number of aromatic nitrogens is 3. The lowest BCUT2D eigenvalue weighted by atomic mass is 10.2. The van der Waals surface area contributed by atoms with Gasteiger partial charge in [0.2, 0.25) is 5.91 Å². The SMILES string of the molecule is O=C(Cc1cnc(-c2ccc(Cl)cc2)[nH]c1=O)NCc1cccnc1. The molecule has 0 radical (unpaired) electrons. The van der Waals surface area contributed by atoms with Crippen molar-refractivity contribution in [1.82, 2.24) is 20.3 Å². The van der Waals surface area contributed by atoms with Gasteiger partial charge in [0.1, 0.15) is 5.82 Å². The number of pyridine rings is 1. The van der Waals surface area contributed by atoms with E-state index in [1.54, 1.807) is 42.7 Å². The molecule has 0 unspecified atom stereocenters. The smallest absolute Gasteiger partial charge is 0.254 e. The Morgan fingerprint density at radius 2 is 1.96 bits per heavy atom. The highest BCUT2D eigenvalue weighted by Crippen LogP contribution is 2.16. The average Bonchev–Trinajstić information content (AvgIpc) is 2.63. The van der Waals surface area contributed by atoms with Crippen LogP contribution in [0.4, 0.5) is 0 Å². The second kappa shape index (κ2) is 7.72. The van der Waals surface area contributed by atoms with Gasteiger partial charge in [0.05, 0.1) is 6.42 Å². The average molecular weight is 355 g/mol. The van der Waals surface area contributed by atoms with E-state index in [0.29, 0.717) is 23.0 Å². The predicted molar refractivity (Wildman–Crippen MR) is 95.1 cm³/mol. The van der Waals surface area contributed by atoms with Crippen molar-refractivity contribution in [3.63, 3.8) is 0 Å². The van der Waals surface area contributed by atoms with Gasteiger partial charge in [-0.05, 0) is 35.9 Å². The molecule has 0 fully saturated rings. The fourth-order valence-electron chi connectivity index (χ4n) is 2.24. The minimum Gasteiger partial charge on any atom is -0.352 e. The molecule has 3 aromatic rings. The van der Waals surface area contributed by atoms with Gasteiger partial charge in [-0.1, -0.05) is 17.7 Å². The highest BCUT2D eigenvalue weighted by molar-refractivity contribution is 6.30. The molecule has 0 aliphatic carbocycles. The van der Waals surface area contributed by atoms with Crippen LogP contribution in [0.1, 0.15) is 11.1 Å². The third-order valence-corrected chi connectivity index (χ3v) is 3.81. The Morgan fingerprint density at radius 3 is 2.64 bits per heavy atom. The lowest BCUT2D eigenvalue weighted by Crippen LogP contribution is -2.27. The van der Waals surface area contributed by atoms with Crippen LogP contribution in [0.15, 0.2) is 59.8 Å². The summed E-state index contributed by atoms with van der Waals surface area (Å²) in [6.45, 7) is 0.362. The molecule has 1 aromatic carbocycles. The second-order valence-electron chi connectivity index (χ2n) is 5.41. The summed E-state index contributed by atoms with van der Waals surface area (Å²) < 4.78 is 0. The van der Waals surface area contributed by atoms with Gasteiger partial charge in [0.15, 0.2) is 0 Å². The molecule has 1 amide bonds. The molecule has 0 saturated heterocycles. The first-order valence-electron chi connectivity index (χ1n) is 7.61. The van der Waals surface area contributed by atoms with E-state index in [1.165, 1.54) is 6.20 Å². The number of carbonyl (C=O) groups is 1. The topological polar surface area (TPSA) is 87.7 Å². The Kier molecular flexibility index (Phi) is 5.20. The largest absolute Gasteiger partial charge is 0.352 e. The molecule has 25 heavy (non-hydrogen) atoms. The van der Waals surface area contributed by atoms with Crippen LogP contribution in [0, 0.1) is 0 Å². The molecule has 2 aromatic heterocycles. The third-order valence-electron chi connectivity index (χ3n) is 3.55. The number of benzene rings is 1. The highest BCUT2D eigenvalue weighted by Gasteiger charge is 2.09. The number of carbonyl (C=O) groups excluding carboxylic acids is 1. The van der Waals surface area contributed by atoms with E-state index in [0.717, 1.165) is 11.1 Å². The maximum Gasteiger partial charge on any atom is 0.254 e. The second-order valence-corrected chi connectivity index (χ2v) is 5.84. The number of nitrogens with one attached hydrogen (secondary N) is 2. The zero-order chi connectivity index (χ0) is 17.6. The Labute approximate surface area is 148 Å². The molecule has 0 bridgehead atoms. The molecule has 3 rings (SSSR count). The molecule has 0 atom stereocenters. The molecule has 7 heteroatoms. The zero-order valence-corrected chi connectivity index (χ0v) is 14.0. The quantitative estimate of drug-likeness (QED) is 0.736. The van der Waals surface area contributed by atoms with Gasteiger partial charge in [-0.3, -0.25) is 14.6 Å². The lowest BCUT2D eigenvalue weighted by Gasteiger charge is -2.06. The van der Waals surface area contributed by atoms with E-state index >= 15 is 0 Å². The molecule has 0 saturated carbocycles. The van der Waals surface area contributed by atoms with E-state index in [2.05, 4.69) is 20.3 Å². The summed E-state index contributed by atoms with van der Waals surface area (Å²) in [5.41, 5.74) is 1.60. The van der Waals surface area contributed by atoms with Gasteiger partial charge in [-0.25, -0.2) is 4.98 Å². The van der Waals surface area contributed by atoms with Crippen LogP contribution in [0.2, 0.25) is 5.02 Å². The molecule has 0 aliphatic heterocycles. The fraction of sp³-hybridized carbons (Fsp3) is 0.111. The molecule has 126 valence electrons. The van der Waals surface area contributed by atoms with E-state index in [4.69, 9.17) is 11.6 Å². The van der Waals surface area contributed by atoms with Gasteiger partial charge >= 0.3 is 0 Å². The van der Waals surface area contributed by atoms with Crippen LogP contribution in [0.5, 0.6) is 0 Å². The Balaban J connectivity index is 1.66. The van der Waals surface area contributed by atoms with E-state index in [-0.39, 0.29) is 17.9 Å². The van der Waals surface area contributed by atoms with E-state index in [9.17, 15) is 9.59 Å². The van der Waals surface area contributed by atoms with Crippen LogP contribution in [-0.2, 0) is 17.8 Å². The Morgan fingerprint density at radius 1 is 1.16 bits per heavy atom. The summed E-state index contributed by atoms with van der Waals surface area (Å²) in [6.07, 6.45) is 4.73. The van der Waals surface area contributed by atoms with Gasteiger partial charge in [-0.15, -0.1) is 0 Å². The van der Waals surface area contributed by atoms with Gasteiger partial charge < -0.3 is 10.3 Å². The number of rotatable bonds is 5. The van der Waals surface area contributed by atoms with E-state index in [1.807, 2.05) is 6.07 Å². The van der Waals surface area contributed by atoms with Crippen LogP contribution in [0.25, 0.3) is 11.4 Å². The number of halogens is 1. The molecule has 6 nitrogen and oxygen atoms in total. The Hall–Kier alpha value is -2.99. The molecule has 0 spiro atoms. The molecule has 2 heterocycles. The first kappa shape index (κ1) is 16.9. The van der Waals surface area contributed by atoms with Crippen molar-refractivity contribution in [2.75, 3.05) is 0 Å². The summed E-state index contributed by atoms with van der Waals surface area (Å²) in [5.74, 6) is 0.177. The summed E-state index contributed by atoms with van der Waals surface area (Å²) >= 11 is 5.85. The van der Waals surface area contributed by atoms with Crippen LogP contribution in [-0.4, -0.2) is 20.9 Å². The molecular formula is C18H15ClN4O2. The minimum atomic E-state index is -0.337. The van der Waals surface area contributed by atoms with E-state index < -0.39 is 0 Å². The minimum absolute atomic E-state index is 0.0382. The van der Waals surface area contributed by atoms with Crippen molar-refractivity contribution in [1.29, 1.82) is 0 Å². The van der Waals surface area contributed by atoms with Crippen molar-refractivity contribution in [3.8, 4) is 11.4 Å². The van der Waals surface area contributed by atoms with Crippen LogP contribution < -0.4 is 10.9 Å². The van der Waals surface area contributed by atoms with Crippen LogP contribution >= 0.6 is 11.6 Å². The fourth-order valence-corrected chi connectivity index (χ4v) is 2.37. The number of hydrogen-bond donors (Lipinski definition) is 2. The molecular weight excluding hydrogens is 340 g/mol. The number of amides is 1. The normalized spacial score (nSPS) is 10.4. The van der Waals surface area contributed by atoms with Gasteiger partial charge in [0.25, 0.3) is 5.56 Å². The highest BCUT2D eigenvalue weighted by atomic mass is 35.5. The number of nitrogens with zero attached hydrogens (tertiary/aromatic N) is 2. The van der Waals surface area contributed by atoms with Crippen molar-refractivity contribution < 1.29 is 4.79 Å². The predicted octanol–water partition coefficient (Wildman–Crippen LogP) is 2.34. The zero-order valence-electron chi connectivity index (χ0n) is 13.2. The summed E-state index contributed by atoms with van der Waals surface area (Å²) in [4.78, 5) is 35.1. The maximum absolute atomic E-state index is 12.2. The van der Waals surface area contributed by atoms with Crippen molar-refractivity contribution in [3.05, 3.63) is 81.5 Å². The van der Waals surface area contributed by atoms with Crippen molar-refractivity contribution in [2.45, 2.75) is 13.0 Å². The van der Waals surface area contributed by atoms with Gasteiger partial charge in [-0.2, -0.15) is 0 Å². The number of aromatic amines is 1. The monoisotopic (exact) mass is 354 g/mol. The Bertz CT molecular complexity index is 924. The lowest BCUT2D eigenvalue weighted by molar-refractivity contribution is -0.120. The van der Waals surface area contributed by atoms with Gasteiger partial charge in [0, 0.05) is 41.3 Å². The van der Waals surface area contributed by atoms with Crippen molar-refractivity contribution in [2.24, 2.45) is 0 Å². The first-order valence-corrected chi connectivity index (χ1v) is 7.99. The summed E-state index contributed by atoms with van der Waals surface area (Å²) in [7, 11) is 0. The number of H-pyrrole nitrogens is 1. The van der Waals surface area contributed by atoms with Crippen molar-refractivity contribution >= 4 is 17.5 Å². The molecule has 2 N–H and O–H groups in total. The number of hydrogen-bond acceptors (Lipinski definition) is 4. The van der Waals surface area contributed by atoms with Crippen LogP contribution in [0.3, 0.4) is 0 Å². The summed E-state index contributed by atoms with van der Waals surface area (Å²) in [5, 5.41) is 3.36. The maximum atomic E-state index is 12.2.